The molecule has 0 fully saturated rings. The first-order valence-electron chi connectivity index (χ1n) is 0.612. The van der Waals surface area contributed by atoms with Gasteiger partial charge in [-0.05, 0) is 0 Å². The van der Waals surface area contributed by atoms with E-state index in [0.717, 1.165) is 0 Å². The van der Waals surface area contributed by atoms with Gasteiger partial charge in [-0.15, -0.1) is 0 Å². The number of thiocarbonyl (C=S) groups is 1. The molecule has 22 valence electrons. The first kappa shape index (κ1) is 3.69. The third-order valence-corrected chi connectivity index (χ3v) is 0. The van der Waals surface area contributed by atoms with Crippen LogP contribution in [0.15, 0.2) is 0 Å². The second kappa shape index (κ2) is 1.06. The normalized spacial score (nSPS) is 6.00. The van der Waals surface area contributed by atoms with Gasteiger partial charge in [-0.2, -0.15) is 0 Å². The van der Waals surface area contributed by atoms with Crippen molar-refractivity contribution in [2.45, 2.75) is 0 Å². The molecule has 0 bridgehead atoms. The molecule has 0 aliphatic heterocycles. The third kappa shape index (κ3) is 8.37. The third-order valence-electron chi connectivity index (χ3n) is 0. The highest BCUT2D eigenvalue weighted by atomic mass is 32.1. The zero-order valence-corrected chi connectivity index (χ0v) is 2.54. The summed E-state index contributed by atoms with van der Waals surface area (Å²) < 4.78 is 0. The fraction of sp³-hybridized carbons (Fsp3) is 0. The summed E-state index contributed by atoms with van der Waals surface area (Å²) in [5.74, 6) is 0. The maximum absolute atomic E-state index is 8.70. The fourth-order valence-electron chi connectivity index (χ4n) is 0. The van der Waals surface area contributed by atoms with Crippen molar-refractivity contribution in [3.05, 3.63) is 0 Å². The van der Waals surface area contributed by atoms with Crippen LogP contribution in [0.2, 0.25) is 0 Å². The van der Waals surface area contributed by atoms with Crippen molar-refractivity contribution in [2.75, 3.05) is 0 Å². The van der Waals surface area contributed by atoms with Gasteiger partial charge in [-0.3, -0.25) is 0 Å². The minimum atomic E-state index is -1.50. The van der Waals surface area contributed by atoms with E-state index in [4.69, 9.17) is 10.2 Å². The maximum Gasteiger partial charge on any atom is 0.444 e. The second-order valence-electron chi connectivity index (χ2n) is 0.250. The van der Waals surface area contributed by atoms with Gasteiger partial charge in [0.1, 0.15) is 0 Å². The van der Waals surface area contributed by atoms with Crippen molar-refractivity contribution in [2.24, 2.45) is 0 Å². The standard InChI is InChI=1S/CO2S/c2-1(3)4. The maximum atomic E-state index is 8.70. The number of hydrogen-bond acceptors (Lipinski definition) is 1. The Hall–Kier alpha value is -0.310. The van der Waals surface area contributed by atoms with E-state index in [1.54, 1.807) is 0 Å². The minimum Gasteiger partial charge on any atom is -0.228 e. The zero-order valence-electron chi connectivity index (χ0n) is 1.72. The van der Waals surface area contributed by atoms with Crippen LogP contribution in [0.25, 0.3) is 0 Å². The SMILES string of the molecule is [O]C([O])=S. The fourth-order valence-corrected chi connectivity index (χ4v) is 0. The summed E-state index contributed by atoms with van der Waals surface area (Å²) >= 11 is 3.43. The molecule has 0 aromatic heterocycles. The van der Waals surface area contributed by atoms with Crippen molar-refractivity contribution in [1.82, 2.24) is 0 Å². The summed E-state index contributed by atoms with van der Waals surface area (Å²) in [6, 6.07) is 0. The highest BCUT2D eigenvalue weighted by Crippen LogP contribution is 1.52. The van der Waals surface area contributed by atoms with Crippen molar-refractivity contribution < 1.29 is 10.2 Å². The zero-order chi connectivity index (χ0) is 3.58. The monoisotopic (exact) mass is 76.0 g/mol. The number of hydrogen-bond donors (Lipinski definition) is 0. The molecule has 3 heteroatoms. The Morgan fingerprint density at radius 2 is 1.50 bits per heavy atom. The van der Waals surface area contributed by atoms with E-state index in [0.29, 0.717) is 0 Å². The van der Waals surface area contributed by atoms with Crippen molar-refractivity contribution in [3.8, 4) is 0 Å². The van der Waals surface area contributed by atoms with Crippen LogP contribution >= 0.6 is 12.2 Å². The first-order valence-corrected chi connectivity index (χ1v) is 1.02. The smallest absolute Gasteiger partial charge is 0.228 e. The lowest BCUT2D eigenvalue weighted by atomic mass is 11.5. The van der Waals surface area contributed by atoms with E-state index in [1.165, 1.54) is 0 Å². The van der Waals surface area contributed by atoms with Crippen LogP contribution < -0.4 is 0 Å². The van der Waals surface area contributed by atoms with Gasteiger partial charge in [0.25, 0.3) is 0 Å². The highest BCUT2D eigenvalue weighted by molar-refractivity contribution is 7.79. The van der Waals surface area contributed by atoms with Gasteiger partial charge in [0.15, 0.2) is 0 Å². The summed E-state index contributed by atoms with van der Waals surface area (Å²) in [7, 11) is 0. The van der Waals surface area contributed by atoms with Crippen LogP contribution in [0.1, 0.15) is 0 Å². The summed E-state index contributed by atoms with van der Waals surface area (Å²) in [5.41, 5.74) is 0. The molecule has 4 heavy (non-hydrogen) atoms. The lowest BCUT2D eigenvalue weighted by Crippen LogP contribution is -1.73. The average Bonchev–Trinajstić information content (AvgIpc) is 0.811. The minimum absolute atomic E-state index is 1.50. The van der Waals surface area contributed by atoms with E-state index < -0.39 is 5.24 Å². The molecular weight excluding hydrogens is 76.1 g/mol. The molecule has 0 N–H and O–H groups in total. The van der Waals surface area contributed by atoms with Crippen molar-refractivity contribution in [3.63, 3.8) is 0 Å². The Bertz CT molecular complexity index is 29.0. The second-order valence-corrected chi connectivity index (χ2v) is 0.583. The van der Waals surface area contributed by atoms with Crippen LogP contribution in [0.3, 0.4) is 0 Å². The molecule has 0 aliphatic carbocycles. The molecular formula is CO2S. The van der Waals surface area contributed by atoms with Crippen LogP contribution in [0.4, 0.5) is 0 Å². The summed E-state index contributed by atoms with van der Waals surface area (Å²) in [5, 5.41) is 15.9. The molecule has 0 saturated heterocycles. The molecule has 0 spiro atoms. The molecule has 0 heterocycles. The van der Waals surface area contributed by atoms with Crippen LogP contribution in [-0.4, -0.2) is 5.24 Å². The molecule has 0 saturated carbocycles. The van der Waals surface area contributed by atoms with Crippen molar-refractivity contribution in [1.29, 1.82) is 0 Å². The van der Waals surface area contributed by atoms with Gasteiger partial charge in [0.05, 0.1) is 0 Å². The Morgan fingerprint density at radius 3 is 1.50 bits per heavy atom. The van der Waals surface area contributed by atoms with Gasteiger partial charge < -0.3 is 0 Å². The Morgan fingerprint density at radius 1 is 1.50 bits per heavy atom. The quantitative estimate of drug-likeness (QED) is 0.378. The van der Waals surface area contributed by atoms with Gasteiger partial charge in [0.2, 0.25) is 0 Å². The molecule has 0 atom stereocenters. The molecule has 0 rings (SSSR count). The summed E-state index contributed by atoms with van der Waals surface area (Å²) in [6.45, 7) is 0. The molecule has 2 radical (unpaired) electrons. The highest BCUT2D eigenvalue weighted by Gasteiger charge is 1.75. The summed E-state index contributed by atoms with van der Waals surface area (Å²) in [6.07, 6.45) is 0. The molecule has 0 aromatic rings. The van der Waals surface area contributed by atoms with E-state index in [2.05, 4.69) is 12.2 Å². The lowest BCUT2D eigenvalue weighted by Gasteiger charge is -1.48. The van der Waals surface area contributed by atoms with Gasteiger partial charge >= 0.3 is 5.24 Å². The molecule has 0 aliphatic rings. The van der Waals surface area contributed by atoms with E-state index in [-0.39, 0.29) is 0 Å². The van der Waals surface area contributed by atoms with E-state index >= 15 is 0 Å². The number of rotatable bonds is 0. The van der Waals surface area contributed by atoms with Crippen LogP contribution in [0.5, 0.6) is 0 Å². The molecule has 0 amide bonds. The molecule has 0 unspecified atom stereocenters. The van der Waals surface area contributed by atoms with Gasteiger partial charge in [-0.1, -0.05) is 0 Å². The van der Waals surface area contributed by atoms with Gasteiger partial charge in [0, 0.05) is 12.2 Å². The molecule has 0 aromatic carbocycles. The summed E-state index contributed by atoms with van der Waals surface area (Å²) in [4.78, 5) is 0. The van der Waals surface area contributed by atoms with Gasteiger partial charge in [-0.25, -0.2) is 10.2 Å². The van der Waals surface area contributed by atoms with Crippen molar-refractivity contribution >= 4 is 17.5 Å². The Kier molecular flexibility index (Phi) is 0.979. The first-order chi connectivity index (χ1) is 1.73. The predicted molar refractivity (Wildman–Crippen MR) is 14.0 cm³/mol. The van der Waals surface area contributed by atoms with Crippen LogP contribution in [0, 0.1) is 0 Å². The Balaban J connectivity index is 2.80. The largest absolute Gasteiger partial charge is 0.444 e. The lowest BCUT2D eigenvalue weighted by molar-refractivity contribution is 0.260. The topological polar surface area (TPSA) is 39.8 Å². The van der Waals surface area contributed by atoms with E-state index in [9.17, 15) is 0 Å². The predicted octanol–water partition coefficient (Wildman–Crippen LogP) is 0.132. The molecule has 2 nitrogen and oxygen atoms in total. The average molecular weight is 76.1 g/mol. The Labute approximate surface area is 28.7 Å². The van der Waals surface area contributed by atoms with Crippen LogP contribution in [-0.2, 0) is 10.2 Å². The van der Waals surface area contributed by atoms with E-state index in [1.807, 2.05) is 0 Å².